The predicted octanol–water partition coefficient (Wildman–Crippen LogP) is 3.33. The summed E-state index contributed by atoms with van der Waals surface area (Å²) in [6.07, 6.45) is 4.18. The largest absolute Gasteiger partial charge is 0.480 e. The first-order chi connectivity index (χ1) is 15.4. The van der Waals surface area contributed by atoms with Gasteiger partial charge in [0.2, 0.25) is 11.8 Å². The van der Waals surface area contributed by atoms with E-state index in [2.05, 4.69) is 30.6 Å². The lowest BCUT2D eigenvalue weighted by Gasteiger charge is -2.14. The lowest BCUT2D eigenvalue weighted by Crippen LogP contribution is -2.37. The first-order valence-electron chi connectivity index (χ1n) is 10.3. The van der Waals surface area contributed by atoms with E-state index in [9.17, 15) is 9.18 Å². The maximum absolute atomic E-state index is 13.8. The van der Waals surface area contributed by atoms with E-state index < -0.39 is 12.2 Å². The van der Waals surface area contributed by atoms with E-state index in [1.807, 2.05) is 6.07 Å². The molecule has 3 N–H and O–H groups in total. The Morgan fingerprint density at radius 2 is 2.12 bits per heavy atom. The molecule has 1 saturated carbocycles. The molecule has 1 aliphatic rings. The monoisotopic (exact) mass is 449 g/mol. The zero-order valence-corrected chi connectivity index (χ0v) is 18.2. The van der Waals surface area contributed by atoms with Gasteiger partial charge >= 0.3 is 6.03 Å². The van der Waals surface area contributed by atoms with Gasteiger partial charge in [0.15, 0.2) is 0 Å². The Labute approximate surface area is 189 Å². The van der Waals surface area contributed by atoms with Gasteiger partial charge in [-0.2, -0.15) is 0 Å². The SMILES string of the molecule is COc1ncnc(OC2CC2)c1-c1c[nH]c2nc(NC(=O)NCC(F)CN(C)C)ccc12.[HH].[HH].[HH]. The van der Waals surface area contributed by atoms with Gasteiger partial charge in [-0.05, 0) is 39.1 Å². The Morgan fingerprint density at radius 1 is 1.34 bits per heavy atom. The number of methoxy groups -OCH3 is 1. The van der Waals surface area contributed by atoms with Crippen molar-refractivity contribution >= 4 is 22.9 Å². The van der Waals surface area contributed by atoms with Crippen LogP contribution in [0, 0.1) is 0 Å². The van der Waals surface area contributed by atoms with Gasteiger partial charge in [0.1, 0.15) is 35.6 Å². The van der Waals surface area contributed by atoms with E-state index in [0.717, 1.165) is 23.8 Å². The van der Waals surface area contributed by atoms with Crippen LogP contribution in [0.3, 0.4) is 0 Å². The van der Waals surface area contributed by atoms with Crippen LogP contribution in [0.25, 0.3) is 22.2 Å². The number of nitrogens with one attached hydrogen (secondary N) is 3. The Morgan fingerprint density at radius 3 is 2.84 bits per heavy atom. The quantitative estimate of drug-likeness (QED) is 0.459. The highest BCUT2D eigenvalue weighted by Gasteiger charge is 2.28. The van der Waals surface area contributed by atoms with E-state index in [-0.39, 0.29) is 23.5 Å². The molecule has 3 aromatic rings. The molecule has 3 aromatic heterocycles. The van der Waals surface area contributed by atoms with Crippen LogP contribution < -0.4 is 20.1 Å². The minimum atomic E-state index is -1.16. The van der Waals surface area contributed by atoms with Crippen LogP contribution in [0.5, 0.6) is 11.8 Å². The number of pyridine rings is 1. The number of aromatic amines is 1. The van der Waals surface area contributed by atoms with Crippen molar-refractivity contribution in [1.82, 2.24) is 30.2 Å². The van der Waals surface area contributed by atoms with E-state index in [1.54, 1.807) is 38.4 Å². The van der Waals surface area contributed by atoms with Crippen LogP contribution in [0.15, 0.2) is 24.7 Å². The Bertz CT molecular complexity index is 1110. The fourth-order valence-corrected chi connectivity index (χ4v) is 3.28. The van der Waals surface area contributed by atoms with Gasteiger partial charge in [-0.1, -0.05) is 0 Å². The van der Waals surface area contributed by atoms with E-state index in [4.69, 9.17) is 9.47 Å². The van der Waals surface area contributed by atoms with E-state index in [0.29, 0.717) is 28.8 Å². The molecular formula is C21H32FN7O3. The van der Waals surface area contributed by atoms with Crippen molar-refractivity contribution in [3.05, 3.63) is 24.7 Å². The summed E-state index contributed by atoms with van der Waals surface area (Å²) >= 11 is 0. The standard InChI is InChI=1S/C21H26FN7O3.3H2/c1-29(2)10-12(22)8-24-21(30)28-16-7-6-14-15(9-23-18(14)27-16)17-19(31-3)25-11-26-20(17)32-13-4-5-13;;;/h6-7,9,11-13H,4-5,8,10H2,1-3H3,(H3,23,24,27,28,30);3*1H. The molecule has 1 atom stereocenters. The zero-order chi connectivity index (χ0) is 22.7. The van der Waals surface area contributed by atoms with Crippen LogP contribution in [0.2, 0.25) is 0 Å². The molecule has 1 unspecified atom stereocenters. The van der Waals surface area contributed by atoms with Crippen molar-refractivity contribution in [2.75, 3.05) is 39.6 Å². The molecule has 10 nitrogen and oxygen atoms in total. The lowest BCUT2D eigenvalue weighted by molar-refractivity contribution is 0.228. The van der Waals surface area contributed by atoms with Gasteiger partial charge in [-0.25, -0.2) is 24.1 Å². The fraction of sp³-hybridized carbons (Fsp3) is 0.429. The fourth-order valence-electron chi connectivity index (χ4n) is 3.28. The number of fused-ring (bicyclic) bond motifs is 1. The molecule has 1 aliphatic carbocycles. The Kier molecular flexibility index (Phi) is 6.35. The number of amides is 2. The van der Waals surface area contributed by atoms with Crippen molar-refractivity contribution in [3.8, 4) is 22.9 Å². The summed E-state index contributed by atoms with van der Waals surface area (Å²) in [6.45, 7) is 0.144. The number of aromatic nitrogens is 4. The third kappa shape index (κ3) is 5.05. The first-order valence-corrected chi connectivity index (χ1v) is 10.3. The average Bonchev–Trinajstić information content (AvgIpc) is 3.48. The number of hydrogen-bond donors (Lipinski definition) is 3. The van der Waals surface area contributed by atoms with Crippen LogP contribution in [0.4, 0.5) is 15.0 Å². The molecule has 4 rings (SSSR count). The highest BCUT2D eigenvalue weighted by atomic mass is 19.1. The van der Waals surface area contributed by atoms with Gasteiger partial charge in [0.25, 0.3) is 0 Å². The van der Waals surface area contributed by atoms with Crippen LogP contribution in [-0.4, -0.2) is 77.4 Å². The molecule has 0 aliphatic heterocycles. The number of ether oxygens (including phenoxy) is 2. The molecule has 0 bridgehead atoms. The van der Waals surface area contributed by atoms with Crippen molar-refractivity contribution in [3.63, 3.8) is 0 Å². The summed E-state index contributed by atoms with van der Waals surface area (Å²) in [5.41, 5.74) is 1.97. The predicted molar refractivity (Wildman–Crippen MR) is 124 cm³/mol. The normalized spacial score (nSPS) is 14.4. The second-order valence-corrected chi connectivity index (χ2v) is 7.87. The number of alkyl halides is 1. The Balaban J connectivity index is 0.00000204. The molecule has 176 valence electrons. The topological polar surface area (TPSA) is 117 Å². The van der Waals surface area contributed by atoms with E-state index >= 15 is 0 Å². The number of H-pyrrole nitrogens is 1. The molecule has 0 spiro atoms. The molecule has 0 saturated heterocycles. The number of carbonyl (C=O) groups is 1. The summed E-state index contributed by atoms with van der Waals surface area (Å²) < 4.78 is 25.2. The van der Waals surface area contributed by atoms with Crippen molar-refractivity contribution in [2.24, 2.45) is 0 Å². The van der Waals surface area contributed by atoms with E-state index in [1.165, 1.54) is 6.33 Å². The van der Waals surface area contributed by atoms with Crippen LogP contribution in [0.1, 0.15) is 17.1 Å². The highest BCUT2D eigenvalue weighted by Crippen LogP contribution is 2.41. The molecular weight excluding hydrogens is 417 g/mol. The first kappa shape index (κ1) is 21.8. The van der Waals surface area contributed by atoms with Gasteiger partial charge in [-0.3, -0.25) is 5.32 Å². The van der Waals surface area contributed by atoms with Crippen LogP contribution in [-0.2, 0) is 0 Å². The maximum Gasteiger partial charge on any atom is 0.320 e. The molecule has 1 fully saturated rings. The van der Waals surface area contributed by atoms with Gasteiger partial charge < -0.3 is 24.7 Å². The van der Waals surface area contributed by atoms with Gasteiger partial charge in [-0.15, -0.1) is 0 Å². The molecule has 32 heavy (non-hydrogen) atoms. The smallest absolute Gasteiger partial charge is 0.320 e. The van der Waals surface area contributed by atoms with Crippen molar-refractivity contribution in [2.45, 2.75) is 25.1 Å². The third-order valence-electron chi connectivity index (χ3n) is 4.87. The maximum atomic E-state index is 13.8. The van der Waals surface area contributed by atoms with Crippen LogP contribution >= 0.6 is 0 Å². The molecule has 2 amide bonds. The van der Waals surface area contributed by atoms with Gasteiger partial charge in [0, 0.05) is 28.0 Å². The summed E-state index contributed by atoms with van der Waals surface area (Å²) in [6, 6.07) is 2.97. The minimum Gasteiger partial charge on any atom is -0.480 e. The number of hydrogen-bond acceptors (Lipinski definition) is 7. The summed E-state index contributed by atoms with van der Waals surface area (Å²) in [5.74, 6) is 1.19. The Hall–Kier alpha value is -3.47. The lowest BCUT2D eigenvalue weighted by atomic mass is 10.1. The number of urea groups is 1. The average molecular weight is 450 g/mol. The number of rotatable bonds is 9. The second-order valence-electron chi connectivity index (χ2n) is 7.87. The molecule has 11 heteroatoms. The second kappa shape index (κ2) is 9.35. The number of anilines is 1. The summed E-state index contributed by atoms with van der Waals surface area (Å²) in [5, 5.41) is 5.93. The number of halogens is 1. The molecule has 0 radical (unpaired) electrons. The summed E-state index contributed by atoms with van der Waals surface area (Å²) in [7, 11) is 5.09. The van der Waals surface area contributed by atoms with Crippen molar-refractivity contribution < 1.29 is 22.9 Å². The number of carbonyl (C=O) groups excluding carboxylic acids is 1. The van der Waals surface area contributed by atoms with Crippen molar-refractivity contribution in [1.29, 1.82) is 0 Å². The van der Waals surface area contributed by atoms with Gasteiger partial charge in [0.05, 0.1) is 13.7 Å². The zero-order valence-electron chi connectivity index (χ0n) is 18.2. The molecule has 0 aromatic carbocycles. The highest BCUT2D eigenvalue weighted by molar-refractivity contribution is 5.98. The minimum absolute atomic E-state index is 0. The number of nitrogens with zero attached hydrogens (tertiary/aromatic N) is 4. The molecule has 3 heterocycles. The summed E-state index contributed by atoms with van der Waals surface area (Å²) in [4.78, 5) is 29.9. The third-order valence-corrected chi connectivity index (χ3v) is 4.87.